The summed E-state index contributed by atoms with van der Waals surface area (Å²) in [5, 5.41) is 4.41. The highest BCUT2D eigenvalue weighted by atomic mass is 35.5. The molecule has 0 bridgehead atoms. The Balaban J connectivity index is 1.43. The van der Waals surface area contributed by atoms with Gasteiger partial charge in [-0.2, -0.15) is 0 Å². The van der Waals surface area contributed by atoms with Crippen LogP contribution < -0.4 is 11.1 Å². The van der Waals surface area contributed by atoms with Crippen molar-refractivity contribution in [3.8, 4) is 0 Å². The molecule has 0 spiro atoms. The molecular weight excluding hydrogens is 514 g/mol. The van der Waals surface area contributed by atoms with Gasteiger partial charge >= 0.3 is 6.03 Å². The summed E-state index contributed by atoms with van der Waals surface area (Å²) in [5.41, 5.74) is 7.24. The standard InChI is InChI=1S/C30H48ClN5O3/c1-3-34(4-2)30(38)36(27-15-19-39-20-16-27)26-13-17-35(18-14-26)29(37)28(21-22-5-7-23(31)8-6-22)33-25-11-9-24(32)10-12-25/h5-8,24-28,33H,3-4,9-21,32H2,1-2H3/t24?,25?,28-/m1/s1. The predicted molar refractivity (Wildman–Crippen MR) is 156 cm³/mol. The second kappa shape index (κ2) is 14.7. The van der Waals surface area contributed by atoms with E-state index >= 15 is 0 Å². The molecule has 2 heterocycles. The smallest absolute Gasteiger partial charge is 0.320 e. The summed E-state index contributed by atoms with van der Waals surface area (Å²) in [6, 6.07) is 8.58. The third-order valence-electron chi connectivity index (χ3n) is 8.87. The van der Waals surface area contributed by atoms with Gasteiger partial charge in [0.05, 0.1) is 6.04 Å². The molecule has 1 saturated carbocycles. The Labute approximate surface area is 239 Å². The molecule has 218 valence electrons. The van der Waals surface area contributed by atoms with Crippen molar-refractivity contribution in [3.63, 3.8) is 0 Å². The Morgan fingerprint density at radius 3 is 2.15 bits per heavy atom. The number of piperidine rings is 1. The van der Waals surface area contributed by atoms with Gasteiger partial charge in [-0.15, -0.1) is 0 Å². The summed E-state index contributed by atoms with van der Waals surface area (Å²) in [4.78, 5) is 33.6. The maximum absolute atomic E-state index is 13.9. The zero-order valence-corrected chi connectivity index (χ0v) is 24.6. The van der Waals surface area contributed by atoms with Crippen molar-refractivity contribution >= 4 is 23.5 Å². The summed E-state index contributed by atoms with van der Waals surface area (Å²) in [7, 11) is 0. The fourth-order valence-corrected chi connectivity index (χ4v) is 6.59. The van der Waals surface area contributed by atoms with Gasteiger partial charge in [-0.05, 0) is 89.3 Å². The van der Waals surface area contributed by atoms with E-state index in [1.165, 1.54) is 0 Å². The average Bonchev–Trinajstić information content (AvgIpc) is 2.96. The van der Waals surface area contributed by atoms with Crippen LogP contribution in [0.25, 0.3) is 0 Å². The minimum Gasteiger partial charge on any atom is -0.381 e. The van der Waals surface area contributed by atoms with Gasteiger partial charge in [0.25, 0.3) is 0 Å². The summed E-state index contributed by atoms with van der Waals surface area (Å²) < 4.78 is 5.60. The first-order valence-electron chi connectivity index (χ1n) is 15.1. The molecule has 1 aliphatic carbocycles. The van der Waals surface area contributed by atoms with Crippen LogP contribution in [-0.2, 0) is 16.0 Å². The highest BCUT2D eigenvalue weighted by molar-refractivity contribution is 6.30. The second-order valence-electron chi connectivity index (χ2n) is 11.4. The van der Waals surface area contributed by atoms with Gasteiger partial charge in [-0.25, -0.2) is 4.79 Å². The number of nitrogens with two attached hydrogens (primary N) is 1. The van der Waals surface area contributed by atoms with Crippen LogP contribution in [0.2, 0.25) is 5.02 Å². The van der Waals surface area contributed by atoms with Crippen molar-refractivity contribution in [2.24, 2.45) is 5.73 Å². The summed E-state index contributed by atoms with van der Waals surface area (Å²) in [5.74, 6) is 0.158. The van der Waals surface area contributed by atoms with Gasteiger partial charge in [0.15, 0.2) is 0 Å². The van der Waals surface area contributed by atoms with Crippen LogP contribution in [0.3, 0.4) is 0 Å². The van der Waals surface area contributed by atoms with Crippen molar-refractivity contribution < 1.29 is 14.3 Å². The topological polar surface area (TPSA) is 91.1 Å². The Morgan fingerprint density at radius 2 is 1.56 bits per heavy atom. The van der Waals surface area contributed by atoms with E-state index in [0.717, 1.165) is 56.9 Å². The quantitative estimate of drug-likeness (QED) is 0.475. The third-order valence-corrected chi connectivity index (χ3v) is 9.12. The number of carbonyl (C=O) groups excluding carboxylic acids is 2. The fourth-order valence-electron chi connectivity index (χ4n) is 6.46. The molecule has 0 aromatic heterocycles. The predicted octanol–water partition coefficient (Wildman–Crippen LogP) is 4.04. The minimum atomic E-state index is -0.286. The number of urea groups is 1. The van der Waals surface area contributed by atoms with Crippen LogP contribution in [0, 0.1) is 0 Å². The number of benzene rings is 1. The molecule has 3 N–H and O–H groups in total. The maximum atomic E-state index is 13.9. The van der Waals surface area contributed by atoms with Crippen LogP contribution in [0.15, 0.2) is 24.3 Å². The third kappa shape index (κ3) is 8.09. The normalized spacial score (nSPS) is 23.8. The first kappa shape index (κ1) is 30.1. The summed E-state index contributed by atoms with van der Waals surface area (Å²) >= 11 is 6.12. The molecule has 3 fully saturated rings. The maximum Gasteiger partial charge on any atom is 0.320 e. The van der Waals surface area contributed by atoms with Crippen LogP contribution in [0.4, 0.5) is 4.79 Å². The van der Waals surface area contributed by atoms with E-state index < -0.39 is 0 Å². The number of nitrogens with zero attached hydrogens (tertiary/aromatic N) is 3. The number of hydrogen-bond donors (Lipinski definition) is 2. The van der Waals surface area contributed by atoms with E-state index in [0.29, 0.717) is 56.9 Å². The van der Waals surface area contributed by atoms with E-state index in [1.54, 1.807) is 0 Å². The lowest BCUT2D eigenvalue weighted by Gasteiger charge is -2.45. The lowest BCUT2D eigenvalue weighted by atomic mass is 9.90. The van der Waals surface area contributed by atoms with E-state index in [-0.39, 0.29) is 36.1 Å². The van der Waals surface area contributed by atoms with Crippen molar-refractivity contribution in [3.05, 3.63) is 34.9 Å². The number of nitrogens with one attached hydrogen (secondary N) is 1. The molecule has 1 atom stereocenters. The number of hydrogen-bond acceptors (Lipinski definition) is 5. The number of rotatable bonds is 9. The molecule has 2 saturated heterocycles. The minimum absolute atomic E-state index is 0.134. The molecule has 1 aromatic rings. The molecule has 3 aliphatic rings. The lowest BCUT2D eigenvalue weighted by molar-refractivity contribution is -0.135. The summed E-state index contributed by atoms with van der Waals surface area (Å²) in [6.07, 6.45) is 8.00. The number of amides is 3. The van der Waals surface area contributed by atoms with Crippen LogP contribution in [0.1, 0.15) is 70.8 Å². The molecule has 0 unspecified atom stereocenters. The Kier molecular flexibility index (Phi) is 11.3. The molecule has 4 rings (SSSR count). The van der Waals surface area contributed by atoms with Crippen molar-refractivity contribution in [1.29, 1.82) is 0 Å². The van der Waals surface area contributed by atoms with Gasteiger partial charge < -0.3 is 30.5 Å². The zero-order valence-electron chi connectivity index (χ0n) is 23.8. The van der Waals surface area contributed by atoms with Gasteiger partial charge in [0.1, 0.15) is 0 Å². The lowest BCUT2D eigenvalue weighted by Crippen LogP contribution is -2.59. The number of carbonyl (C=O) groups is 2. The van der Waals surface area contributed by atoms with Gasteiger partial charge in [0.2, 0.25) is 5.91 Å². The van der Waals surface area contributed by atoms with Crippen LogP contribution in [0.5, 0.6) is 0 Å². The van der Waals surface area contributed by atoms with E-state index in [9.17, 15) is 9.59 Å². The highest BCUT2D eigenvalue weighted by Gasteiger charge is 2.38. The first-order chi connectivity index (χ1) is 18.9. The van der Waals surface area contributed by atoms with Crippen LogP contribution >= 0.6 is 11.6 Å². The van der Waals surface area contributed by atoms with Gasteiger partial charge in [0, 0.05) is 68.6 Å². The van der Waals surface area contributed by atoms with Crippen LogP contribution in [-0.4, -0.2) is 96.2 Å². The molecule has 1 aromatic carbocycles. The molecule has 3 amide bonds. The molecule has 0 radical (unpaired) electrons. The van der Waals surface area contributed by atoms with E-state index in [2.05, 4.69) is 10.2 Å². The van der Waals surface area contributed by atoms with Crippen molar-refractivity contribution in [2.75, 3.05) is 39.4 Å². The van der Waals surface area contributed by atoms with Gasteiger partial charge in [-0.1, -0.05) is 23.7 Å². The number of likely N-dealkylation sites (tertiary alicyclic amines) is 1. The molecule has 8 nitrogen and oxygen atoms in total. The zero-order chi connectivity index (χ0) is 27.8. The first-order valence-corrected chi connectivity index (χ1v) is 15.5. The monoisotopic (exact) mass is 561 g/mol. The highest BCUT2D eigenvalue weighted by Crippen LogP contribution is 2.27. The molecule has 2 aliphatic heterocycles. The number of ether oxygens (including phenoxy) is 1. The van der Waals surface area contributed by atoms with E-state index in [4.69, 9.17) is 22.1 Å². The van der Waals surface area contributed by atoms with Gasteiger partial charge in [-0.3, -0.25) is 4.79 Å². The molecule has 39 heavy (non-hydrogen) atoms. The largest absolute Gasteiger partial charge is 0.381 e. The Morgan fingerprint density at radius 1 is 0.974 bits per heavy atom. The van der Waals surface area contributed by atoms with Crippen molar-refractivity contribution in [1.82, 2.24) is 20.0 Å². The summed E-state index contributed by atoms with van der Waals surface area (Å²) in [6.45, 7) is 8.23. The number of halogens is 1. The SMILES string of the molecule is CCN(CC)C(=O)N(C1CCOCC1)C1CCN(C(=O)[C@@H](Cc2ccc(Cl)cc2)NC2CCC(N)CC2)CC1. The molecular formula is C30H48ClN5O3. The second-order valence-corrected chi connectivity index (χ2v) is 11.9. The molecule has 9 heteroatoms. The van der Waals surface area contributed by atoms with Crippen molar-refractivity contribution in [2.45, 2.75) is 102 Å². The van der Waals surface area contributed by atoms with E-state index in [1.807, 2.05) is 47.9 Å². The Bertz CT molecular complexity index is 906. The average molecular weight is 562 g/mol. The fraction of sp³-hybridized carbons (Fsp3) is 0.733. The Hall–Kier alpha value is -1.87.